The molecule has 0 aliphatic heterocycles. The van der Waals surface area contributed by atoms with Crippen LogP contribution in [0.15, 0.2) is 24.3 Å². The highest BCUT2D eigenvalue weighted by atomic mass is 35.5. The average molecular weight is 270 g/mol. The van der Waals surface area contributed by atoms with Gasteiger partial charge in [-0.2, -0.15) is 13.2 Å². The lowest BCUT2D eigenvalue weighted by Crippen LogP contribution is -2.19. The number of alkyl halides is 3. The fourth-order valence-electron chi connectivity index (χ4n) is 1.44. The Bertz CT molecular complexity index is 344. The summed E-state index contributed by atoms with van der Waals surface area (Å²) in [7, 11) is 3.20. The second-order valence-corrected chi connectivity index (χ2v) is 3.41. The SMILES string of the molecule is CNCC(OC)c1cccc(C(F)(F)F)c1.Cl. The summed E-state index contributed by atoms with van der Waals surface area (Å²) in [6, 6.07) is 5.18. The van der Waals surface area contributed by atoms with E-state index in [-0.39, 0.29) is 18.5 Å². The van der Waals surface area contributed by atoms with Crippen LogP contribution in [0.5, 0.6) is 0 Å². The number of methoxy groups -OCH3 is 1. The normalized spacial score (nSPS) is 13.0. The fourth-order valence-corrected chi connectivity index (χ4v) is 1.44. The van der Waals surface area contributed by atoms with Gasteiger partial charge in [0.2, 0.25) is 0 Å². The van der Waals surface area contributed by atoms with Gasteiger partial charge in [-0.1, -0.05) is 12.1 Å². The highest BCUT2D eigenvalue weighted by molar-refractivity contribution is 5.85. The van der Waals surface area contributed by atoms with Crippen molar-refractivity contribution < 1.29 is 17.9 Å². The van der Waals surface area contributed by atoms with Crippen LogP contribution in [0.25, 0.3) is 0 Å². The monoisotopic (exact) mass is 269 g/mol. The Kier molecular flexibility index (Phi) is 6.52. The molecule has 17 heavy (non-hydrogen) atoms. The molecule has 1 rings (SSSR count). The van der Waals surface area contributed by atoms with E-state index in [1.54, 1.807) is 13.1 Å². The zero-order valence-corrected chi connectivity index (χ0v) is 10.4. The molecule has 1 aromatic rings. The molecule has 0 heterocycles. The summed E-state index contributed by atoms with van der Waals surface area (Å²) < 4.78 is 42.5. The number of hydrogen-bond donors (Lipinski definition) is 1. The smallest absolute Gasteiger partial charge is 0.375 e. The fraction of sp³-hybridized carbons (Fsp3) is 0.455. The van der Waals surface area contributed by atoms with Crippen molar-refractivity contribution in [3.63, 3.8) is 0 Å². The predicted molar refractivity (Wildman–Crippen MR) is 62.4 cm³/mol. The molecule has 0 aliphatic carbocycles. The lowest BCUT2D eigenvalue weighted by Gasteiger charge is -2.16. The average Bonchev–Trinajstić information content (AvgIpc) is 2.25. The first kappa shape index (κ1) is 16.2. The van der Waals surface area contributed by atoms with Gasteiger partial charge in [0, 0.05) is 13.7 Å². The van der Waals surface area contributed by atoms with Gasteiger partial charge in [0.05, 0.1) is 11.7 Å². The molecule has 1 atom stereocenters. The summed E-state index contributed by atoms with van der Waals surface area (Å²) in [6.45, 7) is 0.470. The molecule has 0 aromatic heterocycles. The number of nitrogens with one attached hydrogen (secondary N) is 1. The molecule has 0 amide bonds. The van der Waals surface area contributed by atoms with Crippen molar-refractivity contribution in [3.05, 3.63) is 35.4 Å². The van der Waals surface area contributed by atoms with Gasteiger partial charge in [-0.05, 0) is 24.7 Å². The van der Waals surface area contributed by atoms with Gasteiger partial charge >= 0.3 is 6.18 Å². The zero-order chi connectivity index (χ0) is 12.2. The Labute approximate surface area is 105 Å². The van der Waals surface area contributed by atoms with E-state index in [1.165, 1.54) is 13.2 Å². The van der Waals surface area contributed by atoms with Crippen molar-refractivity contribution in [2.24, 2.45) is 0 Å². The van der Waals surface area contributed by atoms with E-state index in [2.05, 4.69) is 5.32 Å². The van der Waals surface area contributed by atoms with Crippen LogP contribution in [0, 0.1) is 0 Å². The number of benzene rings is 1. The highest BCUT2D eigenvalue weighted by Crippen LogP contribution is 2.31. The lowest BCUT2D eigenvalue weighted by molar-refractivity contribution is -0.137. The van der Waals surface area contributed by atoms with E-state index in [1.807, 2.05) is 0 Å². The molecule has 1 N–H and O–H groups in total. The molecule has 0 saturated carbocycles. The van der Waals surface area contributed by atoms with Gasteiger partial charge in [-0.15, -0.1) is 12.4 Å². The van der Waals surface area contributed by atoms with E-state index in [0.29, 0.717) is 12.1 Å². The molecule has 0 aliphatic rings. The maximum absolute atomic E-state index is 12.5. The molecule has 6 heteroatoms. The van der Waals surface area contributed by atoms with Crippen molar-refractivity contribution in [1.29, 1.82) is 0 Å². The minimum absolute atomic E-state index is 0. The van der Waals surface area contributed by atoms with Gasteiger partial charge in [-0.25, -0.2) is 0 Å². The van der Waals surface area contributed by atoms with Gasteiger partial charge < -0.3 is 10.1 Å². The molecule has 1 aromatic carbocycles. The lowest BCUT2D eigenvalue weighted by atomic mass is 10.1. The molecular weight excluding hydrogens is 255 g/mol. The summed E-state index contributed by atoms with van der Waals surface area (Å²) >= 11 is 0. The van der Waals surface area contributed by atoms with Crippen LogP contribution in [0.4, 0.5) is 13.2 Å². The molecule has 1 unspecified atom stereocenters. The molecule has 0 saturated heterocycles. The summed E-state index contributed by atoms with van der Waals surface area (Å²) in [5.41, 5.74) is -0.130. The molecule has 0 bridgehead atoms. The van der Waals surface area contributed by atoms with Crippen LogP contribution in [0.1, 0.15) is 17.2 Å². The number of hydrogen-bond acceptors (Lipinski definition) is 2. The predicted octanol–water partition coefficient (Wildman–Crippen LogP) is 3.03. The van der Waals surface area contributed by atoms with Crippen molar-refractivity contribution in [2.45, 2.75) is 12.3 Å². The summed E-state index contributed by atoms with van der Waals surface area (Å²) in [6.07, 6.45) is -4.68. The summed E-state index contributed by atoms with van der Waals surface area (Å²) in [4.78, 5) is 0. The van der Waals surface area contributed by atoms with Crippen molar-refractivity contribution in [3.8, 4) is 0 Å². The van der Waals surface area contributed by atoms with Crippen LogP contribution in [0.2, 0.25) is 0 Å². The minimum atomic E-state index is -4.31. The Morgan fingerprint density at radius 2 is 2.00 bits per heavy atom. The molecule has 0 spiro atoms. The maximum atomic E-state index is 12.5. The van der Waals surface area contributed by atoms with Crippen LogP contribution in [-0.4, -0.2) is 20.7 Å². The van der Waals surface area contributed by atoms with Crippen LogP contribution >= 0.6 is 12.4 Å². The molecule has 2 nitrogen and oxygen atoms in total. The van der Waals surface area contributed by atoms with Crippen molar-refractivity contribution in [2.75, 3.05) is 20.7 Å². The highest BCUT2D eigenvalue weighted by Gasteiger charge is 2.30. The standard InChI is InChI=1S/C11H14F3NO.ClH/c1-15-7-10(16-2)8-4-3-5-9(6-8)11(12,13)14;/h3-6,10,15H,7H2,1-2H3;1H. The van der Waals surface area contributed by atoms with Crippen LogP contribution < -0.4 is 5.32 Å². The minimum Gasteiger partial charge on any atom is -0.375 e. The van der Waals surface area contributed by atoms with Crippen LogP contribution in [0.3, 0.4) is 0 Å². The van der Waals surface area contributed by atoms with Crippen molar-refractivity contribution >= 4 is 12.4 Å². The Morgan fingerprint density at radius 3 is 2.47 bits per heavy atom. The third-order valence-electron chi connectivity index (χ3n) is 2.26. The Morgan fingerprint density at radius 1 is 1.35 bits per heavy atom. The first-order valence-electron chi connectivity index (χ1n) is 4.83. The summed E-state index contributed by atoms with van der Waals surface area (Å²) in [5, 5.41) is 2.87. The molecule has 0 radical (unpaired) electrons. The topological polar surface area (TPSA) is 21.3 Å². The number of halogens is 4. The van der Waals surface area contributed by atoms with E-state index >= 15 is 0 Å². The molecular formula is C11H15ClF3NO. The number of likely N-dealkylation sites (N-methyl/N-ethyl adjacent to an activating group) is 1. The Balaban J connectivity index is 0.00000256. The largest absolute Gasteiger partial charge is 0.416 e. The third kappa shape index (κ3) is 4.53. The second kappa shape index (κ2) is 6.83. The van der Waals surface area contributed by atoms with Gasteiger partial charge in [0.15, 0.2) is 0 Å². The van der Waals surface area contributed by atoms with E-state index in [4.69, 9.17) is 4.74 Å². The molecule has 0 fully saturated rings. The Hall–Kier alpha value is -0.780. The van der Waals surface area contributed by atoms with Crippen LogP contribution in [-0.2, 0) is 10.9 Å². The second-order valence-electron chi connectivity index (χ2n) is 3.41. The quantitative estimate of drug-likeness (QED) is 0.907. The number of rotatable bonds is 4. The van der Waals surface area contributed by atoms with E-state index in [0.717, 1.165) is 12.1 Å². The van der Waals surface area contributed by atoms with Crippen molar-refractivity contribution in [1.82, 2.24) is 5.32 Å². The maximum Gasteiger partial charge on any atom is 0.416 e. The van der Waals surface area contributed by atoms with Gasteiger partial charge in [0.1, 0.15) is 0 Å². The number of ether oxygens (including phenoxy) is 1. The van der Waals surface area contributed by atoms with E-state index < -0.39 is 11.7 Å². The van der Waals surface area contributed by atoms with E-state index in [9.17, 15) is 13.2 Å². The summed E-state index contributed by atoms with van der Waals surface area (Å²) in [5.74, 6) is 0. The van der Waals surface area contributed by atoms with Gasteiger partial charge in [0.25, 0.3) is 0 Å². The third-order valence-corrected chi connectivity index (χ3v) is 2.26. The first-order chi connectivity index (χ1) is 7.49. The van der Waals surface area contributed by atoms with Gasteiger partial charge in [-0.3, -0.25) is 0 Å². The molecule has 98 valence electrons. The zero-order valence-electron chi connectivity index (χ0n) is 9.54. The first-order valence-corrected chi connectivity index (χ1v) is 4.83.